The number of benzene rings is 2. The van der Waals surface area contributed by atoms with E-state index in [1.54, 1.807) is 24.3 Å². The third-order valence-corrected chi connectivity index (χ3v) is 7.61. The molecule has 2 aromatic heterocycles. The number of hydrogen-bond acceptors (Lipinski definition) is 7. The lowest BCUT2D eigenvalue weighted by Gasteiger charge is -2.26. The number of aryl methyl sites for hydroxylation is 1. The van der Waals surface area contributed by atoms with Gasteiger partial charge in [-0.2, -0.15) is 9.40 Å². The first-order valence-corrected chi connectivity index (χ1v) is 12.1. The Hall–Kier alpha value is -3.28. The lowest BCUT2D eigenvalue weighted by Crippen LogP contribution is -2.40. The number of H-pyrrole nitrogens is 1. The van der Waals surface area contributed by atoms with Gasteiger partial charge in [-0.15, -0.1) is 0 Å². The van der Waals surface area contributed by atoms with Gasteiger partial charge in [-0.1, -0.05) is 18.2 Å². The van der Waals surface area contributed by atoms with Crippen LogP contribution in [0.4, 0.5) is 0 Å². The van der Waals surface area contributed by atoms with Gasteiger partial charge in [0.15, 0.2) is 5.69 Å². The molecule has 172 valence electrons. The summed E-state index contributed by atoms with van der Waals surface area (Å²) in [6.07, 6.45) is 0. The Balaban J connectivity index is 1.41. The van der Waals surface area contributed by atoms with Crippen LogP contribution >= 0.6 is 0 Å². The van der Waals surface area contributed by atoms with Crippen molar-refractivity contribution in [2.24, 2.45) is 0 Å². The van der Waals surface area contributed by atoms with Crippen molar-refractivity contribution in [3.8, 4) is 0 Å². The first-order valence-electron chi connectivity index (χ1n) is 10.7. The zero-order valence-electron chi connectivity index (χ0n) is 18.0. The minimum atomic E-state index is -3.63. The highest BCUT2D eigenvalue weighted by atomic mass is 32.2. The third-order valence-electron chi connectivity index (χ3n) is 5.72. The molecular weight excluding hydrogens is 446 g/mol. The molecule has 3 heterocycles. The van der Waals surface area contributed by atoms with Gasteiger partial charge in [-0.3, -0.25) is 5.10 Å². The maximum atomic E-state index is 13.0. The quantitative estimate of drug-likeness (QED) is 0.430. The number of aromatic nitrogens is 4. The van der Waals surface area contributed by atoms with E-state index in [1.807, 2.05) is 29.7 Å². The number of rotatable bonds is 6. The summed E-state index contributed by atoms with van der Waals surface area (Å²) in [5, 5.41) is 7.57. The number of carbonyl (C=O) groups excluding carboxylic acids is 1. The molecule has 0 atom stereocenters. The molecule has 11 heteroatoms. The van der Waals surface area contributed by atoms with Crippen molar-refractivity contribution in [3.63, 3.8) is 0 Å². The molecular formula is C22H23N5O5S. The number of sulfonamides is 1. The molecule has 0 spiro atoms. The highest BCUT2D eigenvalue weighted by molar-refractivity contribution is 7.89. The van der Waals surface area contributed by atoms with Crippen LogP contribution in [-0.4, -0.2) is 64.7 Å². The number of imidazole rings is 1. The van der Waals surface area contributed by atoms with Crippen LogP contribution in [0.1, 0.15) is 23.2 Å². The molecule has 0 saturated carbocycles. The molecule has 1 saturated heterocycles. The van der Waals surface area contributed by atoms with Crippen LogP contribution in [0.15, 0.2) is 47.4 Å². The molecule has 0 bridgehead atoms. The number of nitrogens with zero attached hydrogens (tertiary/aromatic N) is 4. The summed E-state index contributed by atoms with van der Waals surface area (Å²) in [6, 6.07) is 12.2. The molecule has 10 nitrogen and oxygen atoms in total. The number of aromatic amines is 1. The number of nitrogens with one attached hydrogen (secondary N) is 1. The molecule has 2 aromatic carbocycles. The first-order chi connectivity index (χ1) is 16.0. The van der Waals surface area contributed by atoms with Gasteiger partial charge in [0.05, 0.1) is 34.7 Å². The predicted molar refractivity (Wildman–Crippen MR) is 120 cm³/mol. The Kier molecular flexibility index (Phi) is 5.60. The second kappa shape index (κ2) is 8.58. The maximum Gasteiger partial charge on any atom is 0.359 e. The minimum absolute atomic E-state index is 0.0614. The van der Waals surface area contributed by atoms with E-state index in [-0.39, 0.29) is 17.2 Å². The second-order valence-corrected chi connectivity index (χ2v) is 9.57. The average molecular weight is 470 g/mol. The first kappa shape index (κ1) is 21.6. The molecule has 1 N–H and O–H groups in total. The van der Waals surface area contributed by atoms with Crippen LogP contribution in [0, 0.1) is 0 Å². The fraction of sp³-hybridized carbons (Fsp3) is 0.318. The average Bonchev–Trinajstić information content (AvgIpc) is 3.43. The standard InChI is InChI=1S/C22H23N5O5S/c1-2-27-19-8-7-15(33(29,30)26-9-11-31-12-10-26)13-18(19)23-20(27)14-32-22(28)21-16-5-3-4-6-17(16)24-25-21/h3-8,13H,2,9-12,14H2,1H3,(H,24,25). The number of para-hydroxylation sites is 1. The Morgan fingerprint density at radius 3 is 2.76 bits per heavy atom. The van der Waals surface area contributed by atoms with Crippen LogP contribution in [0.3, 0.4) is 0 Å². The van der Waals surface area contributed by atoms with E-state index in [1.165, 1.54) is 4.31 Å². The molecule has 4 aromatic rings. The van der Waals surface area contributed by atoms with Gasteiger partial charge in [0, 0.05) is 25.0 Å². The van der Waals surface area contributed by atoms with Gasteiger partial charge in [0.2, 0.25) is 10.0 Å². The van der Waals surface area contributed by atoms with E-state index in [4.69, 9.17) is 9.47 Å². The van der Waals surface area contributed by atoms with Crippen LogP contribution in [0.5, 0.6) is 0 Å². The van der Waals surface area contributed by atoms with E-state index in [2.05, 4.69) is 15.2 Å². The van der Waals surface area contributed by atoms with Crippen molar-refractivity contribution in [1.29, 1.82) is 0 Å². The Labute approximate surface area is 190 Å². The summed E-state index contributed by atoms with van der Waals surface area (Å²) in [6.45, 7) is 3.89. The molecule has 1 aliphatic heterocycles. The number of morpholine rings is 1. The monoisotopic (exact) mass is 469 g/mol. The van der Waals surface area contributed by atoms with Crippen LogP contribution in [0.2, 0.25) is 0 Å². The summed E-state index contributed by atoms with van der Waals surface area (Å²) in [5.74, 6) is -0.0284. The number of esters is 1. The van der Waals surface area contributed by atoms with Crippen molar-refractivity contribution < 1.29 is 22.7 Å². The summed E-state index contributed by atoms with van der Waals surface area (Å²) >= 11 is 0. The summed E-state index contributed by atoms with van der Waals surface area (Å²) < 4.78 is 40.1. The van der Waals surface area contributed by atoms with Gasteiger partial charge in [0.1, 0.15) is 12.4 Å². The lowest BCUT2D eigenvalue weighted by molar-refractivity contribution is 0.0454. The van der Waals surface area contributed by atoms with E-state index < -0.39 is 16.0 Å². The molecule has 5 rings (SSSR count). The molecule has 0 radical (unpaired) electrons. The van der Waals surface area contributed by atoms with Gasteiger partial charge < -0.3 is 14.0 Å². The smallest absolute Gasteiger partial charge is 0.359 e. The number of hydrogen-bond donors (Lipinski definition) is 1. The summed E-state index contributed by atoms with van der Waals surface area (Å²) in [7, 11) is -3.63. The largest absolute Gasteiger partial charge is 0.453 e. The normalized spacial score (nSPS) is 15.3. The predicted octanol–water partition coefficient (Wildman–Crippen LogP) is 2.31. The van der Waals surface area contributed by atoms with Gasteiger partial charge in [-0.05, 0) is 31.2 Å². The van der Waals surface area contributed by atoms with Crippen molar-refractivity contribution in [3.05, 3.63) is 54.0 Å². The van der Waals surface area contributed by atoms with E-state index in [0.717, 1.165) is 11.0 Å². The molecule has 33 heavy (non-hydrogen) atoms. The van der Waals surface area contributed by atoms with E-state index >= 15 is 0 Å². The molecule has 1 aliphatic rings. The Bertz CT molecular complexity index is 1440. The van der Waals surface area contributed by atoms with Crippen LogP contribution in [0.25, 0.3) is 21.9 Å². The topological polar surface area (TPSA) is 119 Å². The summed E-state index contributed by atoms with van der Waals surface area (Å²) in [4.78, 5) is 17.4. The Morgan fingerprint density at radius 1 is 1.18 bits per heavy atom. The van der Waals surface area contributed by atoms with Gasteiger partial charge in [-0.25, -0.2) is 18.2 Å². The van der Waals surface area contributed by atoms with E-state index in [0.29, 0.717) is 49.6 Å². The number of fused-ring (bicyclic) bond motifs is 2. The maximum absolute atomic E-state index is 13.0. The minimum Gasteiger partial charge on any atom is -0.453 e. The van der Waals surface area contributed by atoms with E-state index in [9.17, 15) is 13.2 Å². The highest BCUT2D eigenvalue weighted by Crippen LogP contribution is 2.24. The summed E-state index contributed by atoms with van der Waals surface area (Å²) in [5.41, 5.74) is 2.26. The molecule has 0 amide bonds. The van der Waals surface area contributed by atoms with Crippen molar-refractivity contribution in [2.75, 3.05) is 26.3 Å². The Morgan fingerprint density at radius 2 is 1.97 bits per heavy atom. The van der Waals surface area contributed by atoms with Crippen molar-refractivity contribution in [2.45, 2.75) is 25.0 Å². The zero-order chi connectivity index (χ0) is 23.0. The third kappa shape index (κ3) is 3.88. The SMILES string of the molecule is CCn1c(COC(=O)c2n[nH]c3ccccc23)nc2cc(S(=O)(=O)N3CCOCC3)ccc21. The highest BCUT2D eigenvalue weighted by Gasteiger charge is 2.27. The van der Waals surface area contributed by atoms with Gasteiger partial charge in [0.25, 0.3) is 0 Å². The zero-order valence-corrected chi connectivity index (χ0v) is 18.8. The molecule has 0 aliphatic carbocycles. The van der Waals surface area contributed by atoms with Crippen LogP contribution < -0.4 is 0 Å². The fourth-order valence-electron chi connectivity index (χ4n) is 4.04. The van der Waals surface area contributed by atoms with Crippen molar-refractivity contribution >= 4 is 37.9 Å². The number of carbonyl (C=O) groups is 1. The lowest BCUT2D eigenvalue weighted by atomic mass is 10.2. The molecule has 0 unspecified atom stereocenters. The molecule has 1 fully saturated rings. The van der Waals surface area contributed by atoms with Gasteiger partial charge >= 0.3 is 5.97 Å². The fourth-order valence-corrected chi connectivity index (χ4v) is 5.47. The number of ether oxygens (including phenoxy) is 2. The second-order valence-electron chi connectivity index (χ2n) is 7.63. The van der Waals surface area contributed by atoms with Crippen molar-refractivity contribution in [1.82, 2.24) is 24.1 Å². The van der Waals surface area contributed by atoms with Crippen LogP contribution in [-0.2, 0) is 32.6 Å².